The molecule has 0 radical (unpaired) electrons. The third kappa shape index (κ3) is 6.11. The lowest BCUT2D eigenvalue weighted by molar-refractivity contribution is -0.274. The second-order valence-corrected chi connectivity index (χ2v) is 5.74. The largest absolute Gasteiger partial charge is 0.573 e. The molecule has 148 valence electrons. The average Bonchev–Trinajstić information content (AvgIpc) is 2.61. The molecule has 1 amide bonds. The molecule has 0 aromatic heterocycles. The van der Waals surface area contributed by atoms with E-state index in [4.69, 9.17) is 4.74 Å². The van der Waals surface area contributed by atoms with E-state index in [-0.39, 0.29) is 11.3 Å². The van der Waals surface area contributed by atoms with Crippen LogP contribution in [0.15, 0.2) is 48.5 Å². The first-order valence-corrected chi connectivity index (χ1v) is 8.04. The molecular formula is C19H16F3NO5. The van der Waals surface area contributed by atoms with Gasteiger partial charge in [-0.15, -0.1) is 13.2 Å². The molecule has 0 bridgehead atoms. The molecule has 6 nitrogen and oxygen atoms in total. The van der Waals surface area contributed by atoms with Crippen LogP contribution < -0.4 is 10.1 Å². The summed E-state index contributed by atoms with van der Waals surface area (Å²) in [5.74, 6) is -2.09. The molecule has 0 saturated carbocycles. The number of ketones is 1. The highest BCUT2D eigenvalue weighted by Crippen LogP contribution is 2.23. The number of alkyl halides is 3. The number of halogens is 3. The Morgan fingerprint density at radius 3 is 1.96 bits per heavy atom. The van der Waals surface area contributed by atoms with Crippen LogP contribution in [0.4, 0.5) is 18.9 Å². The minimum atomic E-state index is -4.84. The Labute approximate surface area is 158 Å². The second-order valence-electron chi connectivity index (χ2n) is 5.74. The van der Waals surface area contributed by atoms with Gasteiger partial charge in [-0.3, -0.25) is 9.59 Å². The van der Waals surface area contributed by atoms with Crippen molar-refractivity contribution in [3.63, 3.8) is 0 Å². The zero-order valence-corrected chi connectivity index (χ0v) is 14.9. The maximum atomic E-state index is 12.1. The molecule has 1 atom stereocenters. The van der Waals surface area contributed by atoms with Gasteiger partial charge in [-0.05, 0) is 62.4 Å². The molecule has 2 rings (SSSR count). The van der Waals surface area contributed by atoms with Gasteiger partial charge in [-0.2, -0.15) is 0 Å². The minimum Gasteiger partial charge on any atom is -0.449 e. The standard InChI is InChI=1S/C19H16F3NO5/c1-11(24)13-3-7-15(8-4-13)23-17(25)12(2)27-18(26)14-5-9-16(10-6-14)28-19(20,21)22/h3-10,12H,1-2H3,(H,23,25)/t12-/m0/s1. The number of Topliss-reactive ketones (excluding diaryl/α,β-unsaturated/α-hetero) is 1. The Morgan fingerprint density at radius 2 is 1.46 bits per heavy atom. The lowest BCUT2D eigenvalue weighted by atomic mass is 10.1. The van der Waals surface area contributed by atoms with Gasteiger partial charge in [0.1, 0.15) is 5.75 Å². The molecule has 0 unspecified atom stereocenters. The fourth-order valence-corrected chi connectivity index (χ4v) is 2.11. The van der Waals surface area contributed by atoms with Gasteiger partial charge in [0, 0.05) is 11.3 Å². The molecule has 2 aromatic carbocycles. The molecule has 0 aliphatic rings. The zero-order chi connectivity index (χ0) is 20.9. The summed E-state index contributed by atoms with van der Waals surface area (Å²) in [5, 5.41) is 2.53. The van der Waals surface area contributed by atoms with Crippen molar-refractivity contribution in [2.45, 2.75) is 26.3 Å². The Kier molecular flexibility index (Phi) is 6.40. The van der Waals surface area contributed by atoms with Crippen LogP contribution in [0.2, 0.25) is 0 Å². The molecule has 28 heavy (non-hydrogen) atoms. The quantitative estimate of drug-likeness (QED) is 0.591. The molecule has 0 heterocycles. The van der Waals surface area contributed by atoms with Gasteiger partial charge in [-0.1, -0.05) is 0 Å². The van der Waals surface area contributed by atoms with Gasteiger partial charge in [0.2, 0.25) is 0 Å². The van der Waals surface area contributed by atoms with E-state index in [1.807, 2.05) is 0 Å². The van der Waals surface area contributed by atoms with Gasteiger partial charge in [0.15, 0.2) is 11.9 Å². The van der Waals surface area contributed by atoms with Crippen LogP contribution in [0.25, 0.3) is 0 Å². The fourth-order valence-electron chi connectivity index (χ4n) is 2.11. The number of ether oxygens (including phenoxy) is 2. The molecule has 0 aliphatic carbocycles. The highest BCUT2D eigenvalue weighted by molar-refractivity contribution is 5.98. The molecule has 0 spiro atoms. The Balaban J connectivity index is 1.93. The molecule has 0 saturated heterocycles. The van der Waals surface area contributed by atoms with Crippen LogP contribution in [0.5, 0.6) is 5.75 Å². The maximum Gasteiger partial charge on any atom is 0.573 e. The van der Waals surface area contributed by atoms with Crippen LogP contribution in [0.3, 0.4) is 0 Å². The summed E-state index contributed by atoms with van der Waals surface area (Å²) in [6, 6.07) is 10.3. The predicted molar refractivity (Wildman–Crippen MR) is 93.1 cm³/mol. The van der Waals surface area contributed by atoms with Crippen LogP contribution >= 0.6 is 0 Å². The number of hydrogen-bond donors (Lipinski definition) is 1. The summed E-state index contributed by atoms with van der Waals surface area (Å²) in [6.07, 6.45) is -6.00. The smallest absolute Gasteiger partial charge is 0.449 e. The molecule has 0 fully saturated rings. The topological polar surface area (TPSA) is 81.7 Å². The van der Waals surface area contributed by atoms with Crippen LogP contribution in [0, 0.1) is 0 Å². The van der Waals surface area contributed by atoms with Gasteiger partial charge >= 0.3 is 12.3 Å². The van der Waals surface area contributed by atoms with E-state index < -0.39 is 30.1 Å². The number of anilines is 1. The Hall–Kier alpha value is -3.36. The lowest BCUT2D eigenvalue weighted by Gasteiger charge is -2.14. The second kappa shape index (κ2) is 8.55. The van der Waals surface area contributed by atoms with E-state index in [0.29, 0.717) is 11.3 Å². The Bertz CT molecular complexity index is 861. The first-order chi connectivity index (χ1) is 13.0. The summed E-state index contributed by atoms with van der Waals surface area (Å²) in [5.41, 5.74) is 0.849. The molecule has 1 N–H and O–H groups in total. The maximum absolute atomic E-state index is 12.1. The Morgan fingerprint density at radius 1 is 0.929 bits per heavy atom. The third-order valence-corrected chi connectivity index (χ3v) is 3.54. The third-order valence-electron chi connectivity index (χ3n) is 3.54. The van der Waals surface area contributed by atoms with E-state index in [1.165, 1.54) is 26.0 Å². The fraction of sp³-hybridized carbons (Fsp3) is 0.211. The molecule has 0 aliphatic heterocycles. The number of rotatable bonds is 6. The SMILES string of the molecule is CC(=O)c1ccc(NC(=O)[C@H](C)OC(=O)c2ccc(OC(F)(F)F)cc2)cc1. The number of benzene rings is 2. The monoisotopic (exact) mass is 395 g/mol. The highest BCUT2D eigenvalue weighted by Gasteiger charge is 2.31. The summed E-state index contributed by atoms with van der Waals surface area (Å²) in [7, 11) is 0. The number of hydrogen-bond acceptors (Lipinski definition) is 5. The molecular weight excluding hydrogens is 379 g/mol. The normalized spacial score (nSPS) is 12.0. The van der Waals surface area contributed by atoms with E-state index in [1.54, 1.807) is 12.1 Å². The van der Waals surface area contributed by atoms with Crippen molar-refractivity contribution in [3.8, 4) is 5.75 Å². The van der Waals surface area contributed by atoms with Crippen molar-refractivity contribution < 1.29 is 37.0 Å². The van der Waals surface area contributed by atoms with Gasteiger partial charge in [-0.25, -0.2) is 4.79 Å². The van der Waals surface area contributed by atoms with E-state index in [2.05, 4.69) is 10.1 Å². The number of nitrogens with one attached hydrogen (secondary N) is 1. The van der Waals surface area contributed by atoms with E-state index >= 15 is 0 Å². The van der Waals surface area contributed by atoms with Crippen molar-refractivity contribution in [1.82, 2.24) is 0 Å². The van der Waals surface area contributed by atoms with Gasteiger partial charge in [0.25, 0.3) is 5.91 Å². The minimum absolute atomic E-state index is 0.0417. The predicted octanol–water partition coefficient (Wildman–Crippen LogP) is 3.97. The van der Waals surface area contributed by atoms with E-state index in [9.17, 15) is 27.6 Å². The van der Waals surface area contributed by atoms with Crippen molar-refractivity contribution >= 4 is 23.3 Å². The lowest BCUT2D eigenvalue weighted by Crippen LogP contribution is -2.30. The summed E-state index contributed by atoms with van der Waals surface area (Å²) >= 11 is 0. The summed E-state index contributed by atoms with van der Waals surface area (Å²) < 4.78 is 45.1. The van der Waals surface area contributed by atoms with Crippen molar-refractivity contribution in [3.05, 3.63) is 59.7 Å². The van der Waals surface area contributed by atoms with E-state index in [0.717, 1.165) is 24.3 Å². The first-order valence-electron chi connectivity index (χ1n) is 8.04. The number of esters is 1. The van der Waals surface area contributed by atoms with Crippen molar-refractivity contribution in [1.29, 1.82) is 0 Å². The van der Waals surface area contributed by atoms with Crippen LogP contribution in [0.1, 0.15) is 34.6 Å². The summed E-state index contributed by atoms with van der Waals surface area (Å²) in [6.45, 7) is 2.76. The zero-order valence-electron chi connectivity index (χ0n) is 14.9. The molecule has 2 aromatic rings. The average molecular weight is 395 g/mol. The summed E-state index contributed by atoms with van der Waals surface area (Å²) in [4.78, 5) is 35.4. The van der Waals surface area contributed by atoms with Gasteiger partial charge < -0.3 is 14.8 Å². The highest BCUT2D eigenvalue weighted by atomic mass is 19.4. The number of carbonyl (C=O) groups excluding carboxylic acids is 3. The van der Waals surface area contributed by atoms with Crippen LogP contribution in [-0.2, 0) is 9.53 Å². The number of carbonyl (C=O) groups is 3. The van der Waals surface area contributed by atoms with Crippen molar-refractivity contribution in [2.24, 2.45) is 0 Å². The van der Waals surface area contributed by atoms with Crippen LogP contribution in [-0.4, -0.2) is 30.1 Å². The molecule has 9 heteroatoms. The number of amides is 1. The van der Waals surface area contributed by atoms with Crippen molar-refractivity contribution in [2.75, 3.05) is 5.32 Å². The first kappa shape index (κ1) is 20.9. The van der Waals surface area contributed by atoms with Gasteiger partial charge in [0.05, 0.1) is 5.56 Å².